The summed E-state index contributed by atoms with van der Waals surface area (Å²) in [5, 5.41) is 0. The largest absolute Gasteiger partial charge is 0.278 e. The van der Waals surface area contributed by atoms with E-state index in [2.05, 4.69) is 36.4 Å². The van der Waals surface area contributed by atoms with Gasteiger partial charge in [-0.15, -0.1) is 0 Å². The maximum absolute atomic E-state index is 12.2. The zero-order valence-corrected chi connectivity index (χ0v) is 12.7. The van der Waals surface area contributed by atoms with E-state index in [1.165, 1.54) is 4.90 Å². The van der Waals surface area contributed by atoms with Crippen LogP contribution in [0.5, 0.6) is 0 Å². The number of rotatable bonds is 2. The summed E-state index contributed by atoms with van der Waals surface area (Å²) in [6.45, 7) is 4.74. The van der Waals surface area contributed by atoms with Crippen LogP contribution in [0.25, 0.3) is 0 Å². The van der Waals surface area contributed by atoms with E-state index in [-0.39, 0.29) is 11.8 Å². The average Bonchev–Trinajstić information content (AvgIpc) is 2.71. The van der Waals surface area contributed by atoms with Gasteiger partial charge < -0.3 is 0 Å². The maximum Gasteiger partial charge on any atom is 0.260 e. The summed E-state index contributed by atoms with van der Waals surface area (Å²) < 4.78 is 1.08. The molecule has 2 rings (SSSR count). The monoisotopic (exact) mass is 357 g/mol. The first-order valence-electron chi connectivity index (χ1n) is 6.09. The summed E-state index contributed by atoms with van der Waals surface area (Å²) in [4.78, 5) is 25.5. The summed E-state index contributed by atoms with van der Waals surface area (Å²) in [6.07, 6.45) is 0.494. The lowest BCUT2D eigenvalue weighted by molar-refractivity contribution is -0.125. The van der Waals surface area contributed by atoms with Crippen molar-refractivity contribution in [2.75, 3.05) is 6.54 Å². The Morgan fingerprint density at radius 3 is 2.44 bits per heavy atom. The minimum absolute atomic E-state index is 0.0442. The van der Waals surface area contributed by atoms with Crippen LogP contribution in [0.15, 0.2) is 24.3 Å². The second-order valence-corrected chi connectivity index (χ2v) is 6.27. The first kappa shape index (κ1) is 13.5. The highest BCUT2D eigenvalue weighted by atomic mass is 127. The zero-order valence-electron chi connectivity index (χ0n) is 10.5. The van der Waals surface area contributed by atoms with Crippen molar-refractivity contribution >= 4 is 34.4 Å². The highest BCUT2D eigenvalue weighted by Gasteiger charge is 2.35. The smallest absolute Gasteiger partial charge is 0.260 e. The van der Waals surface area contributed by atoms with Gasteiger partial charge in [0.2, 0.25) is 5.91 Å². The van der Waals surface area contributed by atoms with Crippen molar-refractivity contribution < 1.29 is 9.59 Å². The van der Waals surface area contributed by atoms with Crippen molar-refractivity contribution in [1.82, 2.24) is 4.90 Å². The van der Waals surface area contributed by atoms with Gasteiger partial charge in [0.25, 0.3) is 5.91 Å². The fourth-order valence-corrected chi connectivity index (χ4v) is 2.49. The molecule has 1 fully saturated rings. The molecule has 4 heteroatoms. The third kappa shape index (κ3) is 2.74. The molecular weight excluding hydrogens is 341 g/mol. The van der Waals surface area contributed by atoms with Gasteiger partial charge in [-0.05, 0) is 58.7 Å². The van der Waals surface area contributed by atoms with Crippen LogP contribution in [0.4, 0.5) is 0 Å². The average molecular weight is 357 g/mol. The minimum atomic E-state index is -0.167. The SMILES string of the molecule is CC(C)C1CC(=O)N(C(=O)c2ccc(I)cc2)C1. The van der Waals surface area contributed by atoms with Gasteiger partial charge in [0.1, 0.15) is 0 Å². The van der Waals surface area contributed by atoms with E-state index >= 15 is 0 Å². The number of carbonyl (C=O) groups excluding carboxylic acids is 2. The molecule has 3 nitrogen and oxygen atoms in total. The second-order valence-electron chi connectivity index (χ2n) is 5.02. The summed E-state index contributed by atoms with van der Waals surface area (Å²) in [5.74, 6) is 0.519. The highest BCUT2D eigenvalue weighted by Crippen LogP contribution is 2.26. The number of hydrogen-bond donors (Lipinski definition) is 0. The minimum Gasteiger partial charge on any atom is -0.278 e. The Labute approximate surface area is 121 Å². The molecule has 0 radical (unpaired) electrons. The van der Waals surface area contributed by atoms with Crippen molar-refractivity contribution in [1.29, 1.82) is 0 Å². The fraction of sp³-hybridized carbons (Fsp3) is 0.429. The van der Waals surface area contributed by atoms with E-state index < -0.39 is 0 Å². The van der Waals surface area contributed by atoms with Gasteiger partial charge in [-0.25, -0.2) is 0 Å². The lowest BCUT2D eigenvalue weighted by atomic mass is 9.95. The Bertz CT molecular complexity index is 467. The van der Waals surface area contributed by atoms with Crippen LogP contribution in [0.3, 0.4) is 0 Å². The van der Waals surface area contributed by atoms with Crippen LogP contribution in [0, 0.1) is 15.4 Å². The van der Waals surface area contributed by atoms with Crippen molar-refractivity contribution in [2.24, 2.45) is 11.8 Å². The lowest BCUT2D eigenvalue weighted by Crippen LogP contribution is -2.32. The molecule has 1 unspecified atom stereocenters. The normalized spacial score (nSPS) is 19.7. The van der Waals surface area contributed by atoms with E-state index in [9.17, 15) is 9.59 Å². The lowest BCUT2D eigenvalue weighted by Gasteiger charge is -2.16. The van der Waals surface area contributed by atoms with Crippen molar-refractivity contribution in [3.63, 3.8) is 0 Å². The van der Waals surface area contributed by atoms with E-state index in [0.29, 0.717) is 30.4 Å². The molecule has 1 aliphatic rings. The molecule has 96 valence electrons. The molecule has 0 saturated carbocycles. The standard InChI is InChI=1S/C14H16INO2/c1-9(2)11-7-13(17)16(8-11)14(18)10-3-5-12(15)6-4-10/h3-6,9,11H,7-8H2,1-2H3. The molecule has 1 aliphatic heterocycles. The third-order valence-corrected chi connectivity index (χ3v) is 4.15. The van der Waals surface area contributed by atoms with E-state index in [4.69, 9.17) is 0 Å². The van der Waals surface area contributed by atoms with E-state index in [0.717, 1.165) is 3.57 Å². The maximum atomic E-state index is 12.2. The second kappa shape index (κ2) is 5.38. The molecule has 1 aromatic rings. The molecule has 0 aromatic heterocycles. The number of hydrogen-bond acceptors (Lipinski definition) is 2. The van der Waals surface area contributed by atoms with E-state index in [1.54, 1.807) is 12.1 Å². The Hall–Kier alpha value is -0.910. The van der Waals surface area contributed by atoms with Crippen molar-refractivity contribution in [3.8, 4) is 0 Å². The molecule has 0 bridgehead atoms. The van der Waals surface area contributed by atoms with Gasteiger partial charge in [-0.2, -0.15) is 0 Å². The van der Waals surface area contributed by atoms with Crippen LogP contribution in [0.1, 0.15) is 30.6 Å². The van der Waals surface area contributed by atoms with Gasteiger partial charge in [-0.3, -0.25) is 14.5 Å². The van der Waals surface area contributed by atoms with Crippen molar-refractivity contribution in [2.45, 2.75) is 20.3 Å². The molecule has 0 N–H and O–H groups in total. The Morgan fingerprint density at radius 2 is 1.94 bits per heavy atom. The summed E-state index contributed by atoms with van der Waals surface area (Å²) in [7, 11) is 0. The van der Waals surface area contributed by atoms with Gasteiger partial charge in [-0.1, -0.05) is 13.8 Å². The fourth-order valence-electron chi connectivity index (χ4n) is 2.13. The Balaban J connectivity index is 2.15. The number of likely N-dealkylation sites (tertiary alicyclic amines) is 1. The van der Waals surface area contributed by atoms with E-state index in [1.807, 2.05) is 12.1 Å². The quantitative estimate of drug-likeness (QED) is 0.603. The highest BCUT2D eigenvalue weighted by molar-refractivity contribution is 14.1. The number of benzene rings is 1. The van der Waals surface area contributed by atoms with Gasteiger partial charge in [0, 0.05) is 22.1 Å². The molecule has 1 aromatic carbocycles. The van der Waals surface area contributed by atoms with Crippen LogP contribution in [0.2, 0.25) is 0 Å². The Kier molecular flexibility index (Phi) is 4.04. The number of imide groups is 1. The predicted octanol–water partition coefficient (Wildman–Crippen LogP) is 2.94. The van der Waals surface area contributed by atoms with Crippen molar-refractivity contribution in [3.05, 3.63) is 33.4 Å². The van der Waals surface area contributed by atoms with Gasteiger partial charge in [0.15, 0.2) is 0 Å². The summed E-state index contributed by atoms with van der Waals surface area (Å²) in [5.41, 5.74) is 0.591. The molecule has 0 aliphatic carbocycles. The molecular formula is C14H16INO2. The molecule has 0 spiro atoms. The number of carbonyl (C=O) groups is 2. The molecule has 18 heavy (non-hydrogen) atoms. The first-order valence-corrected chi connectivity index (χ1v) is 7.17. The molecule has 1 saturated heterocycles. The predicted molar refractivity (Wildman–Crippen MR) is 78.1 cm³/mol. The van der Waals surface area contributed by atoms with Crippen LogP contribution in [-0.2, 0) is 4.79 Å². The topological polar surface area (TPSA) is 37.4 Å². The van der Waals surface area contributed by atoms with Gasteiger partial charge >= 0.3 is 0 Å². The number of amides is 2. The molecule has 1 atom stereocenters. The van der Waals surface area contributed by atoms with Crippen LogP contribution >= 0.6 is 22.6 Å². The summed E-state index contributed by atoms with van der Waals surface area (Å²) in [6, 6.07) is 7.32. The van der Waals surface area contributed by atoms with Gasteiger partial charge in [0.05, 0.1) is 0 Å². The molecule has 2 amide bonds. The summed E-state index contributed by atoms with van der Waals surface area (Å²) >= 11 is 2.19. The Morgan fingerprint density at radius 1 is 1.33 bits per heavy atom. The van der Waals surface area contributed by atoms with Crippen LogP contribution < -0.4 is 0 Å². The first-order chi connectivity index (χ1) is 8.49. The molecule has 1 heterocycles. The van der Waals surface area contributed by atoms with Crippen LogP contribution in [-0.4, -0.2) is 23.3 Å². The zero-order chi connectivity index (χ0) is 13.3. The number of nitrogens with zero attached hydrogens (tertiary/aromatic N) is 1. The number of halogens is 1. The third-order valence-electron chi connectivity index (χ3n) is 3.43.